The van der Waals surface area contributed by atoms with Gasteiger partial charge in [0.25, 0.3) is 0 Å². The molecule has 0 radical (unpaired) electrons. The van der Waals surface area contributed by atoms with Crippen LogP contribution in [0.4, 0.5) is 5.69 Å². The lowest BCUT2D eigenvalue weighted by Gasteiger charge is -1.79. The fraction of sp³-hybridized carbons (Fsp3) is 0. The first-order valence-electron chi connectivity index (χ1n) is 3.19. The van der Waals surface area contributed by atoms with Gasteiger partial charge in [-0.1, -0.05) is 12.1 Å². The van der Waals surface area contributed by atoms with E-state index in [1.165, 1.54) is 0 Å². The minimum absolute atomic E-state index is 0.514. The van der Waals surface area contributed by atoms with Crippen LogP contribution in [0.25, 0.3) is 15.9 Å². The number of diazo groups is 1. The van der Waals surface area contributed by atoms with E-state index in [0.717, 1.165) is 10.9 Å². The molecular formula is C7H5N4+. The number of H-pyrrole nitrogens is 1. The summed E-state index contributed by atoms with van der Waals surface area (Å²) in [6, 6.07) is 5.42. The van der Waals surface area contributed by atoms with Crippen molar-refractivity contribution in [2.45, 2.75) is 0 Å². The molecule has 1 aromatic carbocycles. The van der Waals surface area contributed by atoms with Gasteiger partial charge >= 0.3 is 5.69 Å². The second-order valence-electron chi connectivity index (χ2n) is 2.21. The molecule has 2 rings (SSSR count). The van der Waals surface area contributed by atoms with E-state index in [2.05, 4.69) is 15.2 Å². The molecule has 0 saturated carbocycles. The SMILES string of the molecule is N#[N+]c1cccc2cn[nH]c12. The minimum Gasteiger partial charge on any atom is -0.270 e. The average Bonchev–Trinajstić information content (AvgIpc) is 2.50. The quantitative estimate of drug-likeness (QED) is 0.576. The molecule has 52 valence electrons. The van der Waals surface area contributed by atoms with Gasteiger partial charge in [0.2, 0.25) is 5.39 Å². The minimum atomic E-state index is 0.514. The Bertz CT molecular complexity index is 423. The third-order valence-electron chi connectivity index (χ3n) is 1.56. The standard InChI is InChI=1S/C7H5N4/c8-10-6-3-1-2-5-4-9-11-7(5)6/h1-4H,(H,9,11)/q+1. The number of benzene rings is 1. The number of para-hydroxylation sites is 1. The lowest BCUT2D eigenvalue weighted by molar-refractivity contribution is 1.12. The molecule has 0 saturated heterocycles. The van der Waals surface area contributed by atoms with Crippen LogP contribution in [-0.4, -0.2) is 10.2 Å². The summed E-state index contributed by atoms with van der Waals surface area (Å²) in [5, 5.41) is 16.0. The molecule has 0 aliphatic rings. The van der Waals surface area contributed by atoms with E-state index in [4.69, 9.17) is 5.39 Å². The van der Waals surface area contributed by atoms with Crippen molar-refractivity contribution in [1.29, 1.82) is 5.39 Å². The molecular weight excluding hydrogens is 140 g/mol. The average molecular weight is 145 g/mol. The lowest BCUT2D eigenvalue weighted by Crippen LogP contribution is -1.67. The molecule has 0 amide bonds. The van der Waals surface area contributed by atoms with Gasteiger partial charge in [0, 0.05) is 11.5 Å². The summed E-state index contributed by atoms with van der Waals surface area (Å²) < 4.78 is 0. The maximum Gasteiger partial charge on any atom is 0.410 e. The van der Waals surface area contributed by atoms with E-state index >= 15 is 0 Å². The Labute approximate surface area is 62.5 Å². The van der Waals surface area contributed by atoms with E-state index in [0.29, 0.717) is 5.69 Å². The molecule has 0 unspecified atom stereocenters. The van der Waals surface area contributed by atoms with E-state index in [-0.39, 0.29) is 0 Å². The Morgan fingerprint density at radius 1 is 1.45 bits per heavy atom. The van der Waals surface area contributed by atoms with Gasteiger partial charge < -0.3 is 0 Å². The van der Waals surface area contributed by atoms with Crippen LogP contribution in [0.5, 0.6) is 0 Å². The third kappa shape index (κ3) is 0.749. The summed E-state index contributed by atoms with van der Waals surface area (Å²) in [6.45, 7) is 0. The number of hydrogen-bond donors (Lipinski definition) is 1. The predicted octanol–water partition coefficient (Wildman–Crippen LogP) is 2.05. The number of fused-ring (bicyclic) bond motifs is 1. The van der Waals surface area contributed by atoms with E-state index < -0.39 is 0 Å². The second-order valence-corrected chi connectivity index (χ2v) is 2.21. The van der Waals surface area contributed by atoms with Gasteiger partial charge in [0.05, 0.1) is 6.20 Å². The van der Waals surface area contributed by atoms with Crippen molar-refractivity contribution in [2.24, 2.45) is 0 Å². The summed E-state index contributed by atoms with van der Waals surface area (Å²) in [4.78, 5) is 3.10. The van der Waals surface area contributed by atoms with Crippen molar-refractivity contribution in [2.75, 3.05) is 0 Å². The maximum absolute atomic E-state index is 8.53. The molecule has 0 bridgehead atoms. The Kier molecular flexibility index (Phi) is 1.10. The van der Waals surface area contributed by atoms with Crippen LogP contribution in [0.1, 0.15) is 0 Å². The van der Waals surface area contributed by atoms with E-state index in [1.54, 1.807) is 12.3 Å². The number of nitrogens with one attached hydrogen (secondary N) is 1. The fourth-order valence-electron chi connectivity index (χ4n) is 1.04. The molecule has 0 atom stereocenters. The Balaban J connectivity index is 2.92. The number of hydrogen-bond acceptors (Lipinski definition) is 2. The Morgan fingerprint density at radius 2 is 2.36 bits per heavy atom. The van der Waals surface area contributed by atoms with Gasteiger partial charge in [0.15, 0.2) is 10.5 Å². The topological polar surface area (TPSA) is 56.8 Å². The lowest BCUT2D eigenvalue weighted by atomic mass is 10.2. The third-order valence-corrected chi connectivity index (χ3v) is 1.56. The van der Waals surface area contributed by atoms with Gasteiger partial charge in [-0.3, -0.25) is 5.10 Å². The van der Waals surface area contributed by atoms with Gasteiger partial charge in [-0.15, -0.1) is 0 Å². The Hall–Kier alpha value is -1.89. The number of rotatable bonds is 0. The van der Waals surface area contributed by atoms with Crippen LogP contribution in [-0.2, 0) is 0 Å². The molecule has 1 heterocycles. The molecule has 4 heteroatoms. The molecule has 1 aromatic heterocycles. The van der Waals surface area contributed by atoms with Crippen LogP contribution in [0, 0.1) is 5.39 Å². The summed E-state index contributed by atoms with van der Waals surface area (Å²) in [5.41, 5.74) is 1.27. The summed E-state index contributed by atoms with van der Waals surface area (Å²) in [5.74, 6) is 0. The highest BCUT2D eigenvalue weighted by atomic mass is 15.1. The van der Waals surface area contributed by atoms with Gasteiger partial charge in [-0.05, 0) is 0 Å². The maximum atomic E-state index is 8.53. The first-order chi connectivity index (χ1) is 5.42. The van der Waals surface area contributed by atoms with Crippen molar-refractivity contribution in [1.82, 2.24) is 10.2 Å². The predicted molar refractivity (Wildman–Crippen MR) is 40.8 cm³/mol. The van der Waals surface area contributed by atoms with Crippen molar-refractivity contribution >= 4 is 16.6 Å². The van der Waals surface area contributed by atoms with E-state index in [9.17, 15) is 0 Å². The monoisotopic (exact) mass is 145 g/mol. The van der Waals surface area contributed by atoms with Crippen molar-refractivity contribution < 1.29 is 0 Å². The second kappa shape index (κ2) is 2.06. The molecule has 0 fully saturated rings. The van der Waals surface area contributed by atoms with Crippen molar-refractivity contribution in [3.8, 4) is 0 Å². The number of aromatic amines is 1. The summed E-state index contributed by atoms with van der Waals surface area (Å²) in [7, 11) is 0. The van der Waals surface area contributed by atoms with Crippen LogP contribution in [0.15, 0.2) is 24.4 Å². The molecule has 0 aliphatic carbocycles. The Morgan fingerprint density at radius 3 is 3.18 bits per heavy atom. The molecule has 11 heavy (non-hydrogen) atoms. The summed E-state index contributed by atoms with van der Waals surface area (Å²) in [6.07, 6.45) is 1.68. The van der Waals surface area contributed by atoms with Crippen molar-refractivity contribution in [3.63, 3.8) is 0 Å². The van der Waals surface area contributed by atoms with Crippen LogP contribution >= 0.6 is 0 Å². The van der Waals surface area contributed by atoms with Gasteiger partial charge in [0.1, 0.15) is 0 Å². The zero-order valence-electron chi connectivity index (χ0n) is 5.65. The first-order valence-corrected chi connectivity index (χ1v) is 3.19. The zero-order valence-corrected chi connectivity index (χ0v) is 5.65. The largest absolute Gasteiger partial charge is 0.410 e. The molecule has 2 aromatic rings. The van der Waals surface area contributed by atoms with Gasteiger partial charge in [-0.2, -0.15) is 5.10 Å². The fourth-order valence-corrected chi connectivity index (χ4v) is 1.04. The molecule has 0 spiro atoms. The highest BCUT2D eigenvalue weighted by Crippen LogP contribution is 2.22. The number of aromatic nitrogens is 2. The van der Waals surface area contributed by atoms with Crippen LogP contribution in [0.2, 0.25) is 0 Å². The van der Waals surface area contributed by atoms with Crippen LogP contribution < -0.4 is 0 Å². The van der Waals surface area contributed by atoms with E-state index in [1.807, 2.05) is 12.1 Å². The smallest absolute Gasteiger partial charge is 0.270 e. The van der Waals surface area contributed by atoms with Crippen LogP contribution in [0.3, 0.4) is 0 Å². The molecule has 0 aliphatic heterocycles. The number of nitrogens with zero attached hydrogens (tertiary/aromatic N) is 3. The zero-order chi connectivity index (χ0) is 7.68. The van der Waals surface area contributed by atoms with Gasteiger partial charge in [-0.25, -0.2) is 0 Å². The normalized spacial score (nSPS) is 9.73. The molecule has 4 nitrogen and oxygen atoms in total. The highest BCUT2D eigenvalue weighted by molar-refractivity contribution is 5.90. The highest BCUT2D eigenvalue weighted by Gasteiger charge is 2.10. The first kappa shape index (κ1) is 5.86. The molecule has 1 N–H and O–H groups in total. The summed E-state index contributed by atoms with van der Waals surface area (Å²) >= 11 is 0. The van der Waals surface area contributed by atoms with Crippen molar-refractivity contribution in [3.05, 3.63) is 29.4 Å².